The number of carbonyl (C=O) groups is 1. The Morgan fingerprint density at radius 1 is 1.50 bits per heavy atom. The van der Waals surface area contributed by atoms with Crippen molar-refractivity contribution in [3.63, 3.8) is 0 Å². The Kier molecular flexibility index (Phi) is 3.55. The van der Waals surface area contributed by atoms with Crippen LogP contribution in [-0.2, 0) is 11.2 Å². The van der Waals surface area contributed by atoms with E-state index in [1.54, 1.807) is 0 Å². The summed E-state index contributed by atoms with van der Waals surface area (Å²) in [6.07, 6.45) is 1.74. The van der Waals surface area contributed by atoms with Crippen LogP contribution in [0.5, 0.6) is 0 Å². The van der Waals surface area contributed by atoms with Crippen molar-refractivity contribution in [3.05, 3.63) is 39.7 Å². The highest BCUT2D eigenvalue weighted by atomic mass is 19.1. The lowest BCUT2D eigenvalue weighted by molar-refractivity contribution is -0.385. The minimum atomic E-state index is -0.546. The number of nitro benzene ring substituents is 1. The highest BCUT2D eigenvalue weighted by Gasteiger charge is 2.25. The predicted octanol–water partition coefficient (Wildman–Crippen LogP) is 1.80. The molecule has 0 spiro atoms. The minimum Gasteiger partial charge on any atom is -0.356 e. The van der Waals surface area contributed by atoms with Gasteiger partial charge in [0.25, 0.3) is 5.69 Å². The van der Waals surface area contributed by atoms with Crippen LogP contribution in [0.2, 0.25) is 0 Å². The Hall–Kier alpha value is -1.98. The highest BCUT2D eigenvalue weighted by molar-refractivity contribution is 5.79. The van der Waals surface area contributed by atoms with Gasteiger partial charge in [0.1, 0.15) is 5.82 Å². The van der Waals surface area contributed by atoms with Gasteiger partial charge in [-0.25, -0.2) is 4.39 Å². The molecule has 5 nitrogen and oxygen atoms in total. The van der Waals surface area contributed by atoms with Crippen LogP contribution in [0.25, 0.3) is 0 Å². The van der Waals surface area contributed by atoms with Gasteiger partial charge < -0.3 is 5.32 Å². The van der Waals surface area contributed by atoms with Crippen molar-refractivity contribution in [2.75, 3.05) is 6.54 Å². The molecular weight excluding hydrogens is 239 g/mol. The van der Waals surface area contributed by atoms with E-state index in [-0.39, 0.29) is 29.5 Å². The van der Waals surface area contributed by atoms with E-state index in [0.717, 1.165) is 24.6 Å². The monoisotopic (exact) mass is 252 g/mol. The maximum atomic E-state index is 13.1. The van der Waals surface area contributed by atoms with Crippen molar-refractivity contribution in [2.24, 2.45) is 5.92 Å². The molecule has 0 aromatic heterocycles. The molecule has 1 aliphatic heterocycles. The van der Waals surface area contributed by atoms with E-state index in [9.17, 15) is 19.3 Å². The van der Waals surface area contributed by atoms with Crippen molar-refractivity contribution in [2.45, 2.75) is 19.3 Å². The van der Waals surface area contributed by atoms with Crippen molar-refractivity contribution in [1.29, 1.82) is 0 Å². The molecule has 0 aliphatic carbocycles. The maximum Gasteiger partial charge on any atom is 0.272 e. The quantitative estimate of drug-likeness (QED) is 0.658. The molecule has 0 saturated carbocycles. The van der Waals surface area contributed by atoms with E-state index in [1.165, 1.54) is 0 Å². The summed E-state index contributed by atoms with van der Waals surface area (Å²) < 4.78 is 13.1. The topological polar surface area (TPSA) is 72.2 Å². The first-order valence-corrected chi connectivity index (χ1v) is 5.78. The average molecular weight is 252 g/mol. The summed E-state index contributed by atoms with van der Waals surface area (Å²) in [5, 5.41) is 13.6. The summed E-state index contributed by atoms with van der Waals surface area (Å²) in [5.41, 5.74) is 0.150. The number of benzene rings is 1. The van der Waals surface area contributed by atoms with E-state index in [0.29, 0.717) is 13.0 Å². The molecule has 1 saturated heterocycles. The molecule has 1 aromatic carbocycles. The molecule has 1 N–H and O–H groups in total. The lowest BCUT2D eigenvalue weighted by Crippen LogP contribution is -2.37. The number of nitrogens with one attached hydrogen (secondary N) is 1. The van der Waals surface area contributed by atoms with Gasteiger partial charge in [0.2, 0.25) is 5.91 Å². The molecule has 2 rings (SSSR count). The van der Waals surface area contributed by atoms with Gasteiger partial charge in [-0.2, -0.15) is 0 Å². The Balaban J connectivity index is 2.24. The maximum absolute atomic E-state index is 13.1. The lowest BCUT2D eigenvalue weighted by atomic mass is 9.91. The van der Waals surface area contributed by atoms with Gasteiger partial charge in [-0.3, -0.25) is 14.9 Å². The number of halogens is 1. The summed E-state index contributed by atoms with van der Waals surface area (Å²) in [7, 11) is 0. The highest BCUT2D eigenvalue weighted by Crippen LogP contribution is 2.25. The number of hydrogen-bond donors (Lipinski definition) is 1. The van der Waals surface area contributed by atoms with E-state index < -0.39 is 10.7 Å². The first kappa shape index (κ1) is 12.5. The third-order valence-electron chi connectivity index (χ3n) is 3.10. The Labute approximate surface area is 103 Å². The summed E-state index contributed by atoms with van der Waals surface area (Å²) in [5.74, 6) is -0.939. The predicted molar refractivity (Wildman–Crippen MR) is 62.5 cm³/mol. The fourth-order valence-electron chi connectivity index (χ4n) is 2.19. The molecule has 18 heavy (non-hydrogen) atoms. The second-order valence-corrected chi connectivity index (χ2v) is 4.36. The molecule has 1 unspecified atom stereocenters. The van der Waals surface area contributed by atoms with Gasteiger partial charge >= 0.3 is 0 Å². The van der Waals surface area contributed by atoms with Crippen LogP contribution in [0.1, 0.15) is 18.4 Å². The lowest BCUT2D eigenvalue weighted by Gasteiger charge is -2.21. The van der Waals surface area contributed by atoms with Gasteiger partial charge in [0.05, 0.1) is 4.92 Å². The van der Waals surface area contributed by atoms with Crippen molar-refractivity contribution >= 4 is 11.6 Å². The van der Waals surface area contributed by atoms with Gasteiger partial charge in [-0.1, -0.05) is 0 Å². The third-order valence-corrected chi connectivity index (χ3v) is 3.10. The average Bonchev–Trinajstić information content (AvgIpc) is 2.32. The zero-order valence-corrected chi connectivity index (χ0v) is 9.69. The van der Waals surface area contributed by atoms with Crippen molar-refractivity contribution < 1.29 is 14.1 Å². The number of hydrogen-bond acceptors (Lipinski definition) is 3. The number of nitro groups is 1. The fraction of sp³-hybridized carbons (Fsp3) is 0.417. The van der Waals surface area contributed by atoms with Crippen LogP contribution >= 0.6 is 0 Å². The number of nitrogens with zero attached hydrogens (tertiary/aromatic N) is 1. The SMILES string of the molecule is O=C1NCCCC1Cc1cc(F)ccc1[N+](=O)[O-]. The molecule has 1 atom stereocenters. The molecule has 6 heteroatoms. The summed E-state index contributed by atoms with van der Waals surface area (Å²) in [6.45, 7) is 0.639. The van der Waals surface area contributed by atoms with Crippen LogP contribution in [-0.4, -0.2) is 17.4 Å². The molecule has 0 bridgehead atoms. The van der Waals surface area contributed by atoms with Crippen LogP contribution in [0.3, 0.4) is 0 Å². The molecule has 1 fully saturated rings. The fourth-order valence-corrected chi connectivity index (χ4v) is 2.19. The number of rotatable bonds is 3. The molecule has 1 aliphatic rings. The molecule has 0 radical (unpaired) electrons. The van der Waals surface area contributed by atoms with Gasteiger partial charge in [-0.15, -0.1) is 0 Å². The molecule has 96 valence electrons. The van der Waals surface area contributed by atoms with Crippen LogP contribution in [0.15, 0.2) is 18.2 Å². The van der Waals surface area contributed by atoms with Crippen molar-refractivity contribution in [1.82, 2.24) is 5.32 Å². The van der Waals surface area contributed by atoms with Gasteiger partial charge in [0, 0.05) is 24.1 Å². The first-order valence-electron chi connectivity index (χ1n) is 5.78. The first-order chi connectivity index (χ1) is 8.58. The van der Waals surface area contributed by atoms with E-state index in [1.807, 2.05) is 0 Å². The van der Waals surface area contributed by atoms with Crippen LogP contribution in [0, 0.1) is 21.8 Å². The largest absolute Gasteiger partial charge is 0.356 e. The zero-order chi connectivity index (χ0) is 13.1. The number of carbonyl (C=O) groups excluding carboxylic acids is 1. The zero-order valence-electron chi connectivity index (χ0n) is 9.69. The summed E-state index contributed by atoms with van der Waals surface area (Å²) in [4.78, 5) is 21.9. The van der Waals surface area contributed by atoms with E-state index in [4.69, 9.17) is 0 Å². The van der Waals surface area contributed by atoms with E-state index in [2.05, 4.69) is 5.32 Å². The van der Waals surface area contributed by atoms with Crippen LogP contribution < -0.4 is 5.32 Å². The number of amides is 1. The van der Waals surface area contributed by atoms with Crippen LogP contribution in [0.4, 0.5) is 10.1 Å². The Bertz CT molecular complexity index is 490. The standard InChI is InChI=1S/C12H13FN2O3/c13-10-3-4-11(15(17)18)9(7-10)6-8-2-1-5-14-12(8)16/h3-4,7-8H,1-2,5-6H2,(H,14,16). The normalized spacial score (nSPS) is 19.4. The summed E-state index contributed by atoms with van der Waals surface area (Å²) in [6, 6.07) is 3.34. The van der Waals surface area contributed by atoms with Gasteiger partial charge in [-0.05, 0) is 31.4 Å². The Morgan fingerprint density at radius 2 is 2.28 bits per heavy atom. The van der Waals surface area contributed by atoms with Crippen molar-refractivity contribution in [3.8, 4) is 0 Å². The molecule has 1 amide bonds. The second-order valence-electron chi connectivity index (χ2n) is 4.36. The minimum absolute atomic E-state index is 0.111. The van der Waals surface area contributed by atoms with Gasteiger partial charge in [0.15, 0.2) is 0 Å². The molecule has 1 heterocycles. The number of piperidine rings is 1. The smallest absolute Gasteiger partial charge is 0.272 e. The second kappa shape index (κ2) is 5.12. The van der Waals surface area contributed by atoms with E-state index >= 15 is 0 Å². The summed E-state index contributed by atoms with van der Waals surface area (Å²) >= 11 is 0. The Morgan fingerprint density at radius 3 is 2.94 bits per heavy atom. The molecular formula is C12H13FN2O3. The third kappa shape index (κ3) is 2.64. The molecule has 1 aromatic rings.